The van der Waals surface area contributed by atoms with Gasteiger partial charge in [0.1, 0.15) is 0 Å². The molecule has 1 aliphatic rings. The van der Waals surface area contributed by atoms with Crippen LogP contribution in [0.4, 0.5) is 5.69 Å². The van der Waals surface area contributed by atoms with Gasteiger partial charge in [-0.3, -0.25) is 9.59 Å². The van der Waals surface area contributed by atoms with E-state index in [4.69, 9.17) is 17.3 Å². The molecular formula is C22H26ClN3O2. The first kappa shape index (κ1) is 20.4. The Balaban J connectivity index is 1.74. The number of carbonyl (C=O) groups excluding carboxylic acids is 2. The Bertz CT molecular complexity index is 833. The summed E-state index contributed by atoms with van der Waals surface area (Å²) in [6.45, 7) is 2.01. The lowest BCUT2D eigenvalue weighted by atomic mass is 9.90. The van der Waals surface area contributed by atoms with Crippen LogP contribution >= 0.6 is 11.6 Å². The summed E-state index contributed by atoms with van der Waals surface area (Å²) in [6, 6.07) is 14.8. The number of halogens is 1. The second-order valence-electron chi connectivity index (χ2n) is 7.34. The first-order valence-electron chi connectivity index (χ1n) is 9.61. The Kier molecular flexibility index (Phi) is 6.70. The Morgan fingerprint density at radius 1 is 1.11 bits per heavy atom. The molecule has 3 rings (SSSR count). The van der Waals surface area contributed by atoms with E-state index in [-0.39, 0.29) is 23.9 Å². The van der Waals surface area contributed by atoms with Gasteiger partial charge >= 0.3 is 0 Å². The number of anilines is 1. The number of nitrogens with one attached hydrogen (secondary N) is 1. The van der Waals surface area contributed by atoms with Gasteiger partial charge in [-0.1, -0.05) is 29.8 Å². The van der Waals surface area contributed by atoms with Gasteiger partial charge in [0, 0.05) is 41.8 Å². The molecule has 0 saturated heterocycles. The Morgan fingerprint density at radius 2 is 1.79 bits per heavy atom. The fourth-order valence-corrected chi connectivity index (χ4v) is 3.84. The lowest BCUT2D eigenvalue weighted by molar-refractivity contribution is -0.132. The highest BCUT2D eigenvalue weighted by Crippen LogP contribution is 2.27. The highest BCUT2D eigenvalue weighted by Gasteiger charge is 2.26. The van der Waals surface area contributed by atoms with Gasteiger partial charge in [-0.05, 0) is 61.6 Å². The number of rotatable bonds is 5. The van der Waals surface area contributed by atoms with Gasteiger partial charge in [-0.25, -0.2) is 0 Å². The summed E-state index contributed by atoms with van der Waals surface area (Å²) in [5, 5.41) is 3.48. The molecule has 2 amide bonds. The van der Waals surface area contributed by atoms with E-state index in [1.165, 1.54) is 0 Å². The molecule has 28 heavy (non-hydrogen) atoms. The first-order valence-corrected chi connectivity index (χ1v) is 9.99. The quantitative estimate of drug-likeness (QED) is 0.790. The second-order valence-corrected chi connectivity index (χ2v) is 7.75. The van der Waals surface area contributed by atoms with Crippen LogP contribution in [0, 0.1) is 0 Å². The smallest absolute Gasteiger partial charge is 0.255 e. The zero-order chi connectivity index (χ0) is 20.1. The molecule has 6 heteroatoms. The van der Waals surface area contributed by atoms with E-state index in [2.05, 4.69) is 5.32 Å². The number of amides is 2. The van der Waals surface area contributed by atoms with Crippen molar-refractivity contribution in [2.24, 2.45) is 5.73 Å². The Hall–Kier alpha value is -2.37. The van der Waals surface area contributed by atoms with E-state index in [0.29, 0.717) is 22.8 Å². The normalized spacial score (nSPS) is 19.1. The monoisotopic (exact) mass is 399 g/mol. The minimum Gasteiger partial charge on any atom is -0.336 e. The fraction of sp³-hybridized carbons (Fsp3) is 0.364. The minimum absolute atomic E-state index is 0.0234. The van der Waals surface area contributed by atoms with Gasteiger partial charge in [-0.2, -0.15) is 0 Å². The standard InChI is InChI=1S/C22H26ClN3O2/c1-15(27)26(20-10-7-18(24)8-11-20)14-17-13-19(9-12-21(17)23)25-22(28)16-5-3-2-4-6-16/h2-6,9,12-13,18,20H,7-8,10-11,14,24H2,1H3,(H,25,28). The summed E-state index contributed by atoms with van der Waals surface area (Å²) in [6.07, 6.45) is 3.66. The van der Waals surface area contributed by atoms with Crippen LogP contribution in [0.2, 0.25) is 5.02 Å². The molecule has 3 N–H and O–H groups in total. The van der Waals surface area contributed by atoms with Gasteiger partial charge < -0.3 is 16.0 Å². The summed E-state index contributed by atoms with van der Waals surface area (Å²) in [7, 11) is 0. The maximum Gasteiger partial charge on any atom is 0.255 e. The van der Waals surface area contributed by atoms with Crippen LogP contribution in [0.1, 0.15) is 48.5 Å². The summed E-state index contributed by atoms with van der Waals surface area (Å²) in [5.74, 6) is -0.158. The predicted octanol–water partition coefficient (Wildman–Crippen LogP) is 4.21. The minimum atomic E-state index is -0.182. The van der Waals surface area contributed by atoms with Crippen molar-refractivity contribution < 1.29 is 9.59 Å². The van der Waals surface area contributed by atoms with Crippen LogP contribution in [0.5, 0.6) is 0 Å². The molecule has 0 heterocycles. The summed E-state index contributed by atoms with van der Waals surface area (Å²) < 4.78 is 0. The van der Waals surface area contributed by atoms with E-state index in [1.807, 2.05) is 29.2 Å². The highest BCUT2D eigenvalue weighted by atomic mass is 35.5. The number of nitrogens with zero attached hydrogens (tertiary/aromatic N) is 1. The molecule has 1 fully saturated rings. The third-order valence-electron chi connectivity index (χ3n) is 5.27. The van der Waals surface area contributed by atoms with Crippen LogP contribution in [-0.4, -0.2) is 28.8 Å². The molecule has 0 spiro atoms. The van der Waals surface area contributed by atoms with Crippen molar-refractivity contribution in [1.82, 2.24) is 4.90 Å². The summed E-state index contributed by atoms with van der Waals surface area (Å²) in [4.78, 5) is 26.5. The molecule has 2 aromatic carbocycles. The van der Waals surface area contributed by atoms with Crippen LogP contribution < -0.4 is 11.1 Å². The number of hydrogen-bond donors (Lipinski definition) is 2. The summed E-state index contributed by atoms with van der Waals surface area (Å²) in [5.41, 5.74) is 8.06. The molecule has 2 aromatic rings. The van der Waals surface area contributed by atoms with Crippen molar-refractivity contribution in [3.8, 4) is 0 Å². The molecule has 0 aromatic heterocycles. The molecular weight excluding hydrogens is 374 g/mol. The number of hydrogen-bond acceptors (Lipinski definition) is 3. The van der Waals surface area contributed by atoms with E-state index in [9.17, 15) is 9.59 Å². The van der Waals surface area contributed by atoms with Crippen LogP contribution in [0.3, 0.4) is 0 Å². The van der Waals surface area contributed by atoms with Crippen LogP contribution in [0.25, 0.3) is 0 Å². The van der Waals surface area contributed by atoms with E-state index >= 15 is 0 Å². The van der Waals surface area contributed by atoms with E-state index < -0.39 is 0 Å². The van der Waals surface area contributed by atoms with Crippen LogP contribution in [-0.2, 0) is 11.3 Å². The number of carbonyl (C=O) groups is 2. The zero-order valence-corrected chi connectivity index (χ0v) is 16.8. The highest BCUT2D eigenvalue weighted by molar-refractivity contribution is 6.31. The Labute approximate surface area is 170 Å². The lowest BCUT2D eigenvalue weighted by Gasteiger charge is -2.35. The van der Waals surface area contributed by atoms with E-state index in [1.54, 1.807) is 31.2 Å². The van der Waals surface area contributed by atoms with Crippen molar-refractivity contribution in [3.05, 3.63) is 64.7 Å². The average Bonchev–Trinajstić information content (AvgIpc) is 2.69. The van der Waals surface area contributed by atoms with Gasteiger partial charge in [-0.15, -0.1) is 0 Å². The maximum atomic E-state index is 12.4. The maximum absolute atomic E-state index is 12.4. The molecule has 1 saturated carbocycles. The topological polar surface area (TPSA) is 75.4 Å². The van der Waals surface area contributed by atoms with Crippen molar-refractivity contribution >= 4 is 29.1 Å². The summed E-state index contributed by atoms with van der Waals surface area (Å²) >= 11 is 6.39. The van der Waals surface area contributed by atoms with Gasteiger partial charge in [0.25, 0.3) is 5.91 Å². The van der Waals surface area contributed by atoms with E-state index in [0.717, 1.165) is 31.2 Å². The third-order valence-corrected chi connectivity index (χ3v) is 5.64. The molecule has 1 aliphatic carbocycles. The van der Waals surface area contributed by atoms with Gasteiger partial charge in [0.2, 0.25) is 5.91 Å². The van der Waals surface area contributed by atoms with Crippen molar-refractivity contribution in [1.29, 1.82) is 0 Å². The first-order chi connectivity index (χ1) is 13.4. The largest absolute Gasteiger partial charge is 0.336 e. The molecule has 148 valence electrons. The van der Waals surface area contributed by atoms with Crippen molar-refractivity contribution in [2.45, 2.75) is 51.2 Å². The molecule has 5 nitrogen and oxygen atoms in total. The molecule has 0 aliphatic heterocycles. The lowest BCUT2D eigenvalue weighted by Crippen LogP contribution is -2.42. The molecule has 0 unspecified atom stereocenters. The average molecular weight is 400 g/mol. The zero-order valence-electron chi connectivity index (χ0n) is 16.0. The van der Waals surface area contributed by atoms with Gasteiger partial charge in [0.15, 0.2) is 0 Å². The molecule has 0 atom stereocenters. The second kappa shape index (κ2) is 9.22. The number of nitrogens with two attached hydrogens (primary N) is 1. The van der Waals surface area contributed by atoms with Crippen LogP contribution in [0.15, 0.2) is 48.5 Å². The van der Waals surface area contributed by atoms with Gasteiger partial charge in [0.05, 0.1) is 0 Å². The SMILES string of the molecule is CC(=O)N(Cc1cc(NC(=O)c2ccccc2)ccc1Cl)C1CCC(N)CC1. The fourth-order valence-electron chi connectivity index (χ4n) is 3.66. The van der Waals surface area contributed by atoms with Crippen molar-refractivity contribution in [2.75, 3.05) is 5.32 Å². The van der Waals surface area contributed by atoms with Crippen molar-refractivity contribution in [3.63, 3.8) is 0 Å². The predicted molar refractivity (Wildman–Crippen MR) is 112 cm³/mol. The number of benzene rings is 2. The Morgan fingerprint density at radius 3 is 2.43 bits per heavy atom. The third kappa shape index (κ3) is 5.12. The molecule has 0 bridgehead atoms. The molecule has 0 radical (unpaired) electrons.